The number of para-hydroxylation sites is 1. The monoisotopic (exact) mass is 407 g/mol. The zero-order chi connectivity index (χ0) is 17.5. The highest BCUT2D eigenvalue weighted by molar-refractivity contribution is 9.10. The van der Waals surface area contributed by atoms with E-state index in [9.17, 15) is 9.59 Å². The average molecular weight is 408 g/mol. The number of halogens is 1. The van der Waals surface area contributed by atoms with Crippen LogP contribution in [0.4, 0.5) is 0 Å². The third-order valence-corrected chi connectivity index (χ3v) is 3.88. The maximum absolute atomic E-state index is 12.2. The first-order chi connectivity index (χ1) is 11.5. The quantitative estimate of drug-likeness (QED) is 0.537. The molecule has 0 aliphatic heterocycles. The molecule has 24 heavy (non-hydrogen) atoms. The Morgan fingerprint density at radius 3 is 2.25 bits per heavy atom. The van der Waals surface area contributed by atoms with Crippen LogP contribution >= 0.6 is 28.1 Å². The lowest BCUT2D eigenvalue weighted by Crippen LogP contribution is -2.48. The fourth-order valence-corrected chi connectivity index (χ4v) is 2.47. The average Bonchev–Trinajstić information content (AvgIpc) is 2.60. The molecule has 0 radical (unpaired) electrons. The van der Waals surface area contributed by atoms with Gasteiger partial charge in [-0.15, -0.1) is 0 Å². The smallest absolute Gasteiger partial charge is 0.270 e. The summed E-state index contributed by atoms with van der Waals surface area (Å²) < 4.78 is 5.76. The van der Waals surface area contributed by atoms with Gasteiger partial charge in [0.2, 0.25) is 0 Å². The molecule has 6 nitrogen and oxygen atoms in total. The number of hydrazine groups is 1. The molecule has 0 aromatic heterocycles. The third-order valence-electron chi connectivity index (χ3n) is 2.99. The molecule has 0 unspecified atom stereocenters. The van der Waals surface area contributed by atoms with Crippen molar-refractivity contribution in [2.24, 2.45) is 0 Å². The Balaban J connectivity index is 1.93. The van der Waals surface area contributed by atoms with Gasteiger partial charge in [-0.25, -0.2) is 0 Å². The van der Waals surface area contributed by atoms with Gasteiger partial charge >= 0.3 is 0 Å². The molecule has 2 amide bonds. The number of thiocarbonyl (C=S) groups is 1. The predicted octanol–water partition coefficient (Wildman–Crippen LogP) is 2.41. The number of nitrogens with one attached hydrogen (secondary N) is 3. The van der Waals surface area contributed by atoms with E-state index in [0.717, 1.165) is 0 Å². The van der Waals surface area contributed by atoms with Gasteiger partial charge in [-0.2, -0.15) is 0 Å². The van der Waals surface area contributed by atoms with Crippen molar-refractivity contribution in [2.75, 3.05) is 7.11 Å². The van der Waals surface area contributed by atoms with Gasteiger partial charge in [0.1, 0.15) is 5.75 Å². The van der Waals surface area contributed by atoms with Crippen molar-refractivity contribution in [1.82, 2.24) is 16.2 Å². The van der Waals surface area contributed by atoms with Crippen molar-refractivity contribution in [3.63, 3.8) is 0 Å². The van der Waals surface area contributed by atoms with Crippen molar-refractivity contribution in [3.05, 3.63) is 64.1 Å². The summed E-state index contributed by atoms with van der Waals surface area (Å²) >= 11 is 8.29. The number of carbonyl (C=O) groups is 2. The van der Waals surface area contributed by atoms with Crippen molar-refractivity contribution in [3.8, 4) is 5.75 Å². The fourth-order valence-electron chi connectivity index (χ4n) is 1.86. The van der Waals surface area contributed by atoms with Crippen LogP contribution in [0, 0.1) is 0 Å². The van der Waals surface area contributed by atoms with Crippen LogP contribution in [-0.4, -0.2) is 24.0 Å². The molecule has 0 atom stereocenters. The van der Waals surface area contributed by atoms with Gasteiger partial charge in [-0.1, -0.05) is 24.3 Å². The van der Waals surface area contributed by atoms with E-state index >= 15 is 0 Å². The molecule has 0 aliphatic carbocycles. The summed E-state index contributed by atoms with van der Waals surface area (Å²) in [5.74, 6) is -0.411. The van der Waals surface area contributed by atoms with Crippen LogP contribution in [0.25, 0.3) is 0 Å². The lowest BCUT2D eigenvalue weighted by atomic mass is 10.2. The molecule has 0 heterocycles. The van der Waals surface area contributed by atoms with Gasteiger partial charge in [0.25, 0.3) is 11.8 Å². The highest BCUT2D eigenvalue weighted by Gasteiger charge is 2.14. The van der Waals surface area contributed by atoms with Gasteiger partial charge < -0.3 is 4.74 Å². The number of benzene rings is 2. The van der Waals surface area contributed by atoms with E-state index in [4.69, 9.17) is 17.0 Å². The van der Waals surface area contributed by atoms with E-state index in [1.165, 1.54) is 7.11 Å². The summed E-state index contributed by atoms with van der Waals surface area (Å²) in [5, 5.41) is 2.43. The van der Waals surface area contributed by atoms with E-state index in [0.29, 0.717) is 21.3 Å². The number of hydrogen-bond acceptors (Lipinski definition) is 4. The maximum Gasteiger partial charge on any atom is 0.270 e. The number of ether oxygens (including phenoxy) is 1. The van der Waals surface area contributed by atoms with E-state index in [2.05, 4.69) is 32.1 Å². The number of carbonyl (C=O) groups excluding carboxylic acids is 2. The maximum atomic E-state index is 12.2. The Labute approximate surface area is 152 Å². The van der Waals surface area contributed by atoms with Crippen molar-refractivity contribution in [1.29, 1.82) is 0 Å². The van der Waals surface area contributed by atoms with Crippen LogP contribution < -0.4 is 20.9 Å². The van der Waals surface area contributed by atoms with E-state index in [1.807, 2.05) is 0 Å². The number of methoxy groups -OCH3 is 1. The molecule has 0 bridgehead atoms. The molecule has 0 aliphatic rings. The second kappa shape index (κ2) is 8.42. The third kappa shape index (κ3) is 4.53. The van der Waals surface area contributed by atoms with Crippen LogP contribution in [0.3, 0.4) is 0 Å². The van der Waals surface area contributed by atoms with Crippen molar-refractivity contribution in [2.45, 2.75) is 0 Å². The Bertz CT molecular complexity index is 783. The molecule has 0 saturated carbocycles. The summed E-state index contributed by atoms with van der Waals surface area (Å²) in [6, 6.07) is 13.7. The van der Waals surface area contributed by atoms with E-state index < -0.39 is 11.8 Å². The SMILES string of the molecule is COc1ccccc1C(=O)NC(=S)NNC(=O)c1ccccc1Br. The highest BCUT2D eigenvalue weighted by Crippen LogP contribution is 2.17. The van der Waals surface area contributed by atoms with Gasteiger partial charge in [-0.3, -0.25) is 25.8 Å². The molecule has 124 valence electrons. The Hall–Kier alpha value is -2.45. The highest BCUT2D eigenvalue weighted by atomic mass is 79.9. The molecule has 0 fully saturated rings. The molecule has 2 rings (SSSR count). The van der Waals surface area contributed by atoms with Crippen LogP contribution in [0.1, 0.15) is 20.7 Å². The first-order valence-corrected chi connectivity index (χ1v) is 8.02. The standard InChI is InChI=1S/C16H14BrN3O3S/c1-23-13-9-5-3-7-11(13)14(21)18-16(24)20-19-15(22)10-6-2-4-8-12(10)17/h2-9H,1H3,(H,19,22)(H2,18,20,21,24). The molecule has 0 spiro atoms. The summed E-state index contributed by atoms with van der Waals surface area (Å²) in [4.78, 5) is 24.2. The minimum Gasteiger partial charge on any atom is -0.496 e. The molecular formula is C16H14BrN3O3S. The summed E-state index contributed by atoms with van der Waals surface area (Å²) in [7, 11) is 1.47. The van der Waals surface area contributed by atoms with Crippen LogP contribution in [0.2, 0.25) is 0 Å². The second-order valence-electron chi connectivity index (χ2n) is 4.54. The minimum absolute atomic E-state index is 0.0358. The lowest BCUT2D eigenvalue weighted by molar-refractivity contribution is 0.0933. The van der Waals surface area contributed by atoms with Crippen molar-refractivity contribution >= 4 is 45.1 Å². The molecule has 3 N–H and O–H groups in total. The van der Waals surface area contributed by atoms with Crippen LogP contribution in [-0.2, 0) is 0 Å². The van der Waals surface area contributed by atoms with Gasteiger partial charge in [0.15, 0.2) is 5.11 Å². The Kier molecular flexibility index (Phi) is 6.28. The van der Waals surface area contributed by atoms with Gasteiger partial charge in [0.05, 0.1) is 18.2 Å². The van der Waals surface area contributed by atoms with E-state index in [-0.39, 0.29) is 5.11 Å². The largest absolute Gasteiger partial charge is 0.496 e. The normalized spacial score (nSPS) is 9.75. The van der Waals surface area contributed by atoms with Crippen LogP contribution in [0.15, 0.2) is 53.0 Å². The first kappa shape index (κ1) is 17.9. The summed E-state index contributed by atoms with van der Waals surface area (Å²) in [6.07, 6.45) is 0. The number of hydrogen-bond donors (Lipinski definition) is 3. The predicted molar refractivity (Wildman–Crippen MR) is 97.8 cm³/mol. The topological polar surface area (TPSA) is 79.5 Å². The Morgan fingerprint density at radius 2 is 1.58 bits per heavy atom. The summed E-state index contributed by atoms with van der Waals surface area (Å²) in [5.41, 5.74) is 5.67. The van der Waals surface area contributed by atoms with Gasteiger partial charge in [0, 0.05) is 4.47 Å². The second-order valence-corrected chi connectivity index (χ2v) is 5.81. The molecule has 0 saturated heterocycles. The van der Waals surface area contributed by atoms with Gasteiger partial charge in [-0.05, 0) is 52.4 Å². The molecule has 2 aromatic carbocycles. The number of amides is 2. The lowest BCUT2D eigenvalue weighted by Gasteiger charge is -2.12. The zero-order valence-corrected chi connectivity index (χ0v) is 15.0. The van der Waals surface area contributed by atoms with Crippen LogP contribution in [0.5, 0.6) is 5.75 Å². The first-order valence-electron chi connectivity index (χ1n) is 6.82. The molecular weight excluding hydrogens is 394 g/mol. The Morgan fingerprint density at radius 1 is 0.958 bits per heavy atom. The minimum atomic E-state index is -0.444. The summed E-state index contributed by atoms with van der Waals surface area (Å²) in [6.45, 7) is 0. The molecule has 8 heteroatoms. The fraction of sp³-hybridized carbons (Fsp3) is 0.0625. The van der Waals surface area contributed by atoms with Crippen molar-refractivity contribution < 1.29 is 14.3 Å². The molecule has 2 aromatic rings. The van der Waals surface area contributed by atoms with E-state index in [1.54, 1.807) is 48.5 Å². The zero-order valence-electron chi connectivity index (χ0n) is 12.6. The number of rotatable bonds is 3.